The second-order valence-corrected chi connectivity index (χ2v) is 6.45. The molecule has 2 rings (SSSR count). The highest BCUT2D eigenvalue weighted by Gasteiger charge is 2.34. The average Bonchev–Trinajstić information content (AvgIpc) is 2.96. The Morgan fingerprint density at radius 3 is 2.53 bits per heavy atom. The number of nitrogens with one attached hydrogen (secondary N) is 1. The van der Waals surface area contributed by atoms with Gasteiger partial charge in [-0.15, -0.1) is 0 Å². The summed E-state index contributed by atoms with van der Waals surface area (Å²) in [6.45, 7) is 3.29. The Morgan fingerprint density at radius 1 is 1.47 bits per heavy atom. The van der Waals surface area contributed by atoms with E-state index in [1.54, 1.807) is 0 Å². The van der Waals surface area contributed by atoms with E-state index in [4.69, 9.17) is 5.14 Å². The van der Waals surface area contributed by atoms with Crippen LogP contribution in [0.2, 0.25) is 0 Å². The number of sulfonamides is 1. The first-order valence-electron chi connectivity index (χ1n) is 5.84. The number of primary sulfonamides is 1. The summed E-state index contributed by atoms with van der Waals surface area (Å²) in [5, 5.41) is 7.71. The van der Waals surface area contributed by atoms with Crippen molar-refractivity contribution in [3.8, 4) is 0 Å². The van der Waals surface area contributed by atoms with Crippen LogP contribution in [-0.4, -0.2) is 20.4 Å². The number of benzene rings is 1. The lowest BCUT2D eigenvalue weighted by atomic mass is 10.1. The average molecular weight is 286 g/mol. The second-order valence-electron chi connectivity index (χ2n) is 4.92. The van der Waals surface area contributed by atoms with Crippen LogP contribution in [0.15, 0.2) is 17.0 Å². The van der Waals surface area contributed by atoms with Crippen molar-refractivity contribution in [3.63, 3.8) is 0 Å². The molecule has 0 aliphatic heterocycles. The van der Waals surface area contributed by atoms with Crippen molar-refractivity contribution in [2.24, 2.45) is 11.1 Å². The van der Waals surface area contributed by atoms with Crippen molar-refractivity contribution in [1.29, 1.82) is 0 Å². The number of carbonyl (C=O) groups is 1. The lowest BCUT2D eigenvalue weighted by Crippen LogP contribution is -2.27. The molecule has 5 nitrogen and oxygen atoms in total. The molecule has 2 atom stereocenters. The van der Waals surface area contributed by atoms with Gasteiger partial charge in [0.1, 0.15) is 5.82 Å². The van der Waals surface area contributed by atoms with Crippen molar-refractivity contribution >= 4 is 15.9 Å². The third kappa shape index (κ3) is 2.93. The van der Waals surface area contributed by atoms with Crippen LogP contribution in [0.5, 0.6) is 0 Å². The summed E-state index contributed by atoms with van der Waals surface area (Å²) in [6, 6.07) is 2.21. The maximum Gasteiger partial charge on any atom is 0.251 e. The van der Waals surface area contributed by atoms with Crippen LogP contribution in [0, 0.1) is 18.7 Å². The van der Waals surface area contributed by atoms with Crippen LogP contribution in [0.25, 0.3) is 0 Å². The highest BCUT2D eigenvalue weighted by atomic mass is 32.2. The third-order valence-electron chi connectivity index (χ3n) is 3.29. The number of carbonyl (C=O) groups excluding carboxylic acids is 1. The van der Waals surface area contributed by atoms with E-state index >= 15 is 0 Å². The molecule has 0 saturated heterocycles. The van der Waals surface area contributed by atoms with Gasteiger partial charge in [-0.2, -0.15) is 0 Å². The van der Waals surface area contributed by atoms with E-state index in [-0.39, 0.29) is 22.1 Å². The van der Waals surface area contributed by atoms with Gasteiger partial charge in [0.05, 0.1) is 4.90 Å². The highest BCUT2D eigenvalue weighted by molar-refractivity contribution is 7.89. The maximum atomic E-state index is 13.7. The molecule has 104 valence electrons. The number of nitrogens with two attached hydrogens (primary N) is 1. The largest absolute Gasteiger partial charge is 0.349 e. The van der Waals surface area contributed by atoms with E-state index in [1.807, 2.05) is 6.92 Å². The van der Waals surface area contributed by atoms with Crippen molar-refractivity contribution in [2.75, 3.05) is 0 Å². The smallest absolute Gasteiger partial charge is 0.251 e. The summed E-state index contributed by atoms with van der Waals surface area (Å²) in [5.41, 5.74) is -0.120. The van der Waals surface area contributed by atoms with Gasteiger partial charge in [-0.05, 0) is 31.4 Å². The topological polar surface area (TPSA) is 89.3 Å². The molecule has 2 unspecified atom stereocenters. The van der Waals surface area contributed by atoms with Crippen LogP contribution in [0.3, 0.4) is 0 Å². The van der Waals surface area contributed by atoms with Crippen molar-refractivity contribution in [2.45, 2.75) is 31.2 Å². The van der Waals surface area contributed by atoms with Crippen molar-refractivity contribution in [3.05, 3.63) is 29.1 Å². The molecule has 19 heavy (non-hydrogen) atoms. The molecule has 1 saturated carbocycles. The van der Waals surface area contributed by atoms with Gasteiger partial charge in [-0.25, -0.2) is 17.9 Å². The fourth-order valence-electron chi connectivity index (χ4n) is 1.86. The lowest BCUT2D eigenvalue weighted by molar-refractivity contribution is 0.0948. The molecule has 0 bridgehead atoms. The Kier molecular flexibility index (Phi) is 3.36. The van der Waals surface area contributed by atoms with Crippen LogP contribution >= 0.6 is 0 Å². The van der Waals surface area contributed by atoms with Gasteiger partial charge >= 0.3 is 0 Å². The van der Waals surface area contributed by atoms with E-state index in [2.05, 4.69) is 5.32 Å². The molecular weight excluding hydrogens is 271 g/mol. The number of rotatable bonds is 3. The summed E-state index contributed by atoms with van der Waals surface area (Å²) >= 11 is 0. The number of halogens is 1. The molecule has 0 radical (unpaired) electrons. The Morgan fingerprint density at radius 2 is 2.05 bits per heavy atom. The molecule has 0 heterocycles. The normalized spacial score (nSPS) is 22.1. The van der Waals surface area contributed by atoms with E-state index < -0.39 is 21.7 Å². The molecule has 1 aromatic carbocycles. The van der Waals surface area contributed by atoms with Gasteiger partial charge < -0.3 is 5.32 Å². The van der Waals surface area contributed by atoms with E-state index in [0.717, 1.165) is 18.6 Å². The monoisotopic (exact) mass is 286 g/mol. The molecule has 1 aliphatic carbocycles. The summed E-state index contributed by atoms with van der Waals surface area (Å²) in [4.78, 5) is 11.5. The zero-order chi connectivity index (χ0) is 14.4. The SMILES string of the molecule is Cc1c(F)cc(C(=O)NC2CC2C)cc1S(N)(=O)=O. The van der Waals surface area contributed by atoms with E-state index in [9.17, 15) is 17.6 Å². The van der Waals surface area contributed by atoms with Gasteiger partial charge in [0.15, 0.2) is 0 Å². The van der Waals surface area contributed by atoms with Gasteiger partial charge in [-0.1, -0.05) is 6.92 Å². The molecule has 7 heteroatoms. The predicted molar refractivity (Wildman–Crippen MR) is 67.5 cm³/mol. The van der Waals surface area contributed by atoms with E-state index in [1.165, 1.54) is 6.92 Å². The summed E-state index contributed by atoms with van der Waals surface area (Å²) in [5.74, 6) is -0.851. The van der Waals surface area contributed by atoms with Gasteiger partial charge in [-0.3, -0.25) is 4.79 Å². The quantitative estimate of drug-likeness (QED) is 0.866. The van der Waals surface area contributed by atoms with Crippen LogP contribution < -0.4 is 10.5 Å². The van der Waals surface area contributed by atoms with Gasteiger partial charge in [0.25, 0.3) is 5.91 Å². The first-order valence-corrected chi connectivity index (χ1v) is 7.38. The molecule has 1 fully saturated rings. The van der Waals surface area contributed by atoms with Crippen molar-refractivity contribution in [1.82, 2.24) is 5.32 Å². The Labute approximate surface area is 111 Å². The fraction of sp³-hybridized carbons (Fsp3) is 0.417. The Bertz CT molecular complexity index is 643. The molecule has 0 spiro atoms. The summed E-state index contributed by atoms with van der Waals surface area (Å²) < 4.78 is 36.4. The molecule has 1 amide bonds. The maximum absolute atomic E-state index is 13.7. The molecular formula is C12H15FN2O3S. The van der Waals surface area contributed by atoms with Gasteiger partial charge in [0, 0.05) is 17.2 Å². The van der Waals surface area contributed by atoms with Crippen molar-refractivity contribution < 1.29 is 17.6 Å². The summed E-state index contributed by atoms with van der Waals surface area (Å²) in [6.07, 6.45) is 0.877. The highest BCUT2D eigenvalue weighted by Crippen LogP contribution is 2.29. The van der Waals surface area contributed by atoms with Crippen LogP contribution in [-0.2, 0) is 10.0 Å². The second kappa shape index (κ2) is 4.57. The Balaban J connectivity index is 2.36. The minimum atomic E-state index is -4.06. The predicted octanol–water partition coefficient (Wildman–Crippen LogP) is 0.920. The van der Waals surface area contributed by atoms with Crippen LogP contribution in [0.4, 0.5) is 4.39 Å². The fourth-order valence-corrected chi connectivity index (χ4v) is 2.67. The number of hydrogen-bond donors (Lipinski definition) is 2. The Hall–Kier alpha value is -1.47. The molecule has 1 aromatic rings. The number of hydrogen-bond acceptors (Lipinski definition) is 3. The van der Waals surface area contributed by atoms with E-state index in [0.29, 0.717) is 5.92 Å². The zero-order valence-electron chi connectivity index (χ0n) is 10.6. The third-order valence-corrected chi connectivity index (χ3v) is 4.33. The molecule has 1 aliphatic rings. The van der Waals surface area contributed by atoms with Crippen LogP contribution in [0.1, 0.15) is 29.3 Å². The first-order chi connectivity index (χ1) is 8.70. The lowest BCUT2D eigenvalue weighted by Gasteiger charge is -2.09. The van der Waals surface area contributed by atoms with Gasteiger partial charge in [0.2, 0.25) is 10.0 Å². The first kappa shape index (κ1) is 14.0. The zero-order valence-corrected chi connectivity index (χ0v) is 11.4. The number of amides is 1. The minimum Gasteiger partial charge on any atom is -0.349 e. The molecule has 3 N–H and O–H groups in total. The molecule has 0 aromatic heterocycles. The summed E-state index contributed by atoms with van der Waals surface area (Å²) in [7, 11) is -4.06. The standard InChI is InChI=1S/C12H15FN2O3S/c1-6-3-10(6)15-12(16)8-4-9(13)7(2)11(5-8)19(14,17)18/h4-6,10H,3H2,1-2H3,(H,15,16)(H2,14,17,18). The minimum absolute atomic E-state index is 0.0359.